The molecule has 2 atom stereocenters. The van der Waals surface area contributed by atoms with E-state index < -0.39 is 56.9 Å². The number of alkyl halides is 3. The highest BCUT2D eigenvalue weighted by atomic mass is 32.2. The topological polar surface area (TPSA) is 167 Å². The molecule has 49 heavy (non-hydrogen) atoms. The van der Waals surface area contributed by atoms with Gasteiger partial charge in [-0.3, -0.25) is 0 Å². The largest absolute Gasteiger partial charge is 0.449 e. The predicted molar refractivity (Wildman–Crippen MR) is 175 cm³/mol. The summed E-state index contributed by atoms with van der Waals surface area (Å²) in [4.78, 5) is 33.1. The molecular formula is C31H30F5N7O5S. The van der Waals surface area contributed by atoms with Crippen molar-refractivity contribution in [2.45, 2.75) is 31.0 Å². The number of rotatable bonds is 11. The lowest BCUT2D eigenvalue weighted by molar-refractivity contribution is -0.137. The second-order valence-corrected chi connectivity index (χ2v) is 12.3. The molecule has 1 unspecified atom stereocenters. The zero-order chi connectivity index (χ0) is 35.9. The second kappa shape index (κ2) is 15.2. The van der Waals surface area contributed by atoms with Gasteiger partial charge in [0.05, 0.1) is 44.8 Å². The molecule has 3 aromatic carbocycles. The van der Waals surface area contributed by atoms with E-state index in [-0.39, 0.29) is 46.7 Å². The molecule has 0 bridgehead atoms. The van der Waals surface area contributed by atoms with Crippen molar-refractivity contribution in [1.82, 2.24) is 14.7 Å². The van der Waals surface area contributed by atoms with E-state index in [2.05, 4.69) is 36.5 Å². The standard InChI is InChI=1S/C31H30F5N7O5S/c1-4-48-30(46)43-49(3,47)21-7-5-6-20(14-21)39-28-37-15-22(27(42-28)38-17(2)16-44)18-8-11-25(24(33)12-18)40-29(45)41-26-13-19(31(34,35)36)9-10-23(26)32/h5-15,17,44H,3-4,16H2,1-2H3,(H2,40,41,45)(H,43,46,47)(H2,37,38,39,42)/t17-,49?/m1/s1. The van der Waals surface area contributed by atoms with Crippen molar-refractivity contribution in [1.29, 1.82) is 0 Å². The third kappa shape index (κ3) is 9.54. The molecule has 6 N–H and O–H groups in total. The molecule has 18 heteroatoms. The Morgan fingerprint density at radius 1 is 1.02 bits per heavy atom. The number of aliphatic hydroxyl groups is 1. The molecule has 0 saturated carbocycles. The second-order valence-electron chi connectivity index (χ2n) is 10.3. The minimum atomic E-state index is -4.78. The van der Waals surface area contributed by atoms with Crippen LogP contribution in [0.2, 0.25) is 0 Å². The van der Waals surface area contributed by atoms with Gasteiger partial charge < -0.3 is 31.1 Å². The molecule has 0 aliphatic heterocycles. The third-order valence-electron chi connectivity index (χ3n) is 6.51. The Morgan fingerprint density at radius 2 is 1.76 bits per heavy atom. The molecule has 3 amide bonds. The smallest absolute Gasteiger partial charge is 0.418 e. The maximum atomic E-state index is 15.2. The summed E-state index contributed by atoms with van der Waals surface area (Å²) < 4.78 is 88.3. The van der Waals surface area contributed by atoms with Crippen molar-refractivity contribution in [3.05, 3.63) is 84.1 Å². The number of halogens is 5. The number of carbonyl (C=O) groups excluding carboxylic acids is 2. The van der Waals surface area contributed by atoms with Gasteiger partial charge in [0.1, 0.15) is 17.5 Å². The van der Waals surface area contributed by atoms with Gasteiger partial charge in [0.15, 0.2) is 0 Å². The average molecular weight is 708 g/mol. The van der Waals surface area contributed by atoms with Crippen LogP contribution in [0.25, 0.3) is 11.1 Å². The van der Waals surface area contributed by atoms with Crippen LogP contribution in [0.5, 0.6) is 0 Å². The number of hydrogen-bond acceptors (Lipinski definition) is 9. The molecule has 0 aliphatic rings. The summed E-state index contributed by atoms with van der Waals surface area (Å²) in [5, 5.41) is 19.6. The van der Waals surface area contributed by atoms with Crippen molar-refractivity contribution in [2.75, 3.05) is 34.5 Å². The van der Waals surface area contributed by atoms with Gasteiger partial charge in [0, 0.05) is 23.5 Å². The quantitative estimate of drug-likeness (QED) is 0.0769. The SMILES string of the molecule is C=S(=O)(NC(=O)OCC)c1cccc(Nc2ncc(-c3ccc(NC(=O)Nc4cc(C(F)(F)F)ccc4F)c(F)c3)c(N[C@H](C)CO)n2)c1. The van der Waals surface area contributed by atoms with Gasteiger partial charge >= 0.3 is 18.3 Å². The van der Waals surface area contributed by atoms with Crippen LogP contribution in [-0.2, 0) is 20.6 Å². The number of benzene rings is 3. The lowest BCUT2D eigenvalue weighted by Gasteiger charge is -2.17. The Bertz CT molecular complexity index is 1960. The maximum Gasteiger partial charge on any atom is 0.418 e. The number of nitrogens with one attached hydrogen (secondary N) is 5. The molecule has 0 saturated heterocycles. The summed E-state index contributed by atoms with van der Waals surface area (Å²) >= 11 is 0. The number of amides is 3. The highest BCUT2D eigenvalue weighted by molar-refractivity contribution is 7.99. The fourth-order valence-corrected chi connectivity index (χ4v) is 5.22. The number of hydrogen-bond donors (Lipinski definition) is 6. The molecule has 1 aromatic heterocycles. The Labute approximate surface area is 277 Å². The first-order valence-electron chi connectivity index (χ1n) is 14.3. The molecule has 0 spiro atoms. The first-order chi connectivity index (χ1) is 23.1. The number of ether oxygens (including phenoxy) is 1. The van der Waals surface area contributed by atoms with Crippen molar-refractivity contribution in [2.24, 2.45) is 0 Å². The van der Waals surface area contributed by atoms with Crippen molar-refractivity contribution < 1.29 is 45.6 Å². The highest BCUT2D eigenvalue weighted by Gasteiger charge is 2.31. The van der Waals surface area contributed by atoms with E-state index in [1.54, 1.807) is 26.0 Å². The molecule has 4 aromatic rings. The summed E-state index contributed by atoms with van der Waals surface area (Å²) in [6, 6.07) is 9.49. The van der Waals surface area contributed by atoms with Crippen LogP contribution in [0.15, 0.2) is 71.8 Å². The van der Waals surface area contributed by atoms with Gasteiger partial charge in [-0.05, 0) is 73.8 Å². The van der Waals surface area contributed by atoms with Crippen molar-refractivity contribution >= 4 is 56.5 Å². The number of nitrogens with zero attached hydrogens (tertiary/aromatic N) is 2. The van der Waals surface area contributed by atoms with Gasteiger partial charge in [-0.25, -0.2) is 32.3 Å². The Morgan fingerprint density at radius 3 is 2.43 bits per heavy atom. The van der Waals surface area contributed by atoms with E-state index in [1.807, 2.05) is 5.32 Å². The van der Waals surface area contributed by atoms with E-state index in [4.69, 9.17) is 4.74 Å². The normalized spacial score (nSPS) is 13.1. The summed E-state index contributed by atoms with van der Waals surface area (Å²) in [6.45, 7) is 3.03. The van der Waals surface area contributed by atoms with Crippen LogP contribution in [0.4, 0.5) is 60.4 Å². The first-order valence-corrected chi connectivity index (χ1v) is 16.0. The third-order valence-corrected chi connectivity index (χ3v) is 8.02. The lowest BCUT2D eigenvalue weighted by atomic mass is 10.1. The van der Waals surface area contributed by atoms with Crippen LogP contribution >= 0.6 is 0 Å². The number of urea groups is 1. The number of anilines is 5. The summed E-state index contributed by atoms with van der Waals surface area (Å²) in [7, 11) is -3.28. The summed E-state index contributed by atoms with van der Waals surface area (Å²) in [5.74, 6) is 1.71. The number of aromatic nitrogens is 2. The predicted octanol–water partition coefficient (Wildman–Crippen LogP) is 6.36. The Hall–Kier alpha value is -5.49. The number of carbonyl (C=O) groups is 2. The van der Waals surface area contributed by atoms with Gasteiger partial charge in [0.2, 0.25) is 5.95 Å². The van der Waals surface area contributed by atoms with E-state index in [9.17, 15) is 36.5 Å². The van der Waals surface area contributed by atoms with Crippen LogP contribution in [0.1, 0.15) is 19.4 Å². The molecular weight excluding hydrogens is 677 g/mol. The van der Waals surface area contributed by atoms with E-state index in [0.717, 1.165) is 6.07 Å². The van der Waals surface area contributed by atoms with Gasteiger partial charge in [-0.15, -0.1) is 0 Å². The van der Waals surface area contributed by atoms with Crippen molar-refractivity contribution in [3.8, 4) is 11.1 Å². The van der Waals surface area contributed by atoms with E-state index in [1.165, 1.54) is 30.5 Å². The summed E-state index contributed by atoms with van der Waals surface area (Å²) in [6.07, 6.45) is -4.33. The van der Waals surface area contributed by atoms with Crippen LogP contribution in [-0.4, -0.2) is 56.5 Å². The minimum Gasteiger partial charge on any atom is -0.449 e. The van der Waals surface area contributed by atoms with E-state index in [0.29, 0.717) is 23.9 Å². The summed E-state index contributed by atoms with van der Waals surface area (Å²) in [5.41, 5.74) is -1.44. The van der Waals surface area contributed by atoms with E-state index >= 15 is 4.39 Å². The fraction of sp³-hybridized carbons (Fsp3) is 0.194. The highest BCUT2D eigenvalue weighted by Crippen LogP contribution is 2.33. The molecule has 4 rings (SSSR count). The molecule has 0 fully saturated rings. The Kier molecular flexibility index (Phi) is 11.2. The fourth-order valence-electron chi connectivity index (χ4n) is 4.16. The van der Waals surface area contributed by atoms with Gasteiger partial charge in [-0.1, -0.05) is 12.1 Å². The van der Waals surface area contributed by atoms with Crippen molar-refractivity contribution in [3.63, 3.8) is 0 Å². The first kappa shape index (κ1) is 36.3. The molecule has 1 heterocycles. The molecule has 12 nitrogen and oxygen atoms in total. The Balaban J connectivity index is 1.56. The zero-order valence-corrected chi connectivity index (χ0v) is 26.6. The minimum absolute atomic E-state index is 0.0414. The monoisotopic (exact) mass is 707 g/mol. The van der Waals surface area contributed by atoms with Gasteiger partial charge in [0.25, 0.3) is 0 Å². The van der Waals surface area contributed by atoms with Crippen LogP contribution < -0.4 is 26.0 Å². The van der Waals surface area contributed by atoms with Crippen LogP contribution in [0, 0.1) is 11.6 Å². The number of aliphatic hydroxyl groups excluding tert-OH is 1. The average Bonchev–Trinajstić information content (AvgIpc) is 3.02. The lowest BCUT2D eigenvalue weighted by Crippen LogP contribution is -2.31. The maximum absolute atomic E-state index is 15.2. The molecule has 0 aliphatic carbocycles. The zero-order valence-electron chi connectivity index (χ0n) is 25.8. The molecule has 0 radical (unpaired) electrons. The van der Waals surface area contributed by atoms with Crippen LogP contribution in [0.3, 0.4) is 0 Å². The molecule has 260 valence electrons. The van der Waals surface area contributed by atoms with Gasteiger partial charge in [-0.2, -0.15) is 18.2 Å².